The van der Waals surface area contributed by atoms with Crippen LogP contribution in [0.5, 0.6) is 11.5 Å². The van der Waals surface area contributed by atoms with Crippen LogP contribution in [0, 0.1) is 25.2 Å². The number of rotatable bonds is 13. The molecule has 260 valence electrons. The van der Waals surface area contributed by atoms with E-state index in [0.717, 1.165) is 0 Å². The first-order chi connectivity index (χ1) is 23.9. The number of benzene rings is 3. The van der Waals surface area contributed by atoms with Crippen LogP contribution in [0.4, 0.5) is 17.1 Å². The van der Waals surface area contributed by atoms with Crippen LogP contribution < -0.4 is 21.1 Å². The number of anilines is 1. The number of aryl methyl sites for hydroxylation is 1. The Morgan fingerprint density at radius 2 is 1.82 bits per heavy atom. The molecular formula is C37H39ClN6O6. The van der Waals surface area contributed by atoms with Crippen molar-refractivity contribution in [3.05, 3.63) is 98.8 Å². The van der Waals surface area contributed by atoms with Crippen LogP contribution in [0.2, 0.25) is 0 Å². The molecule has 5 N–H and O–H groups in total. The van der Waals surface area contributed by atoms with Gasteiger partial charge in [-0.1, -0.05) is 19.9 Å². The lowest BCUT2D eigenvalue weighted by atomic mass is 9.90. The van der Waals surface area contributed by atoms with Crippen molar-refractivity contribution in [2.75, 3.05) is 25.4 Å². The van der Waals surface area contributed by atoms with E-state index in [0.29, 0.717) is 57.4 Å². The summed E-state index contributed by atoms with van der Waals surface area (Å²) in [6, 6.07) is 11.2. The highest BCUT2D eigenvalue weighted by molar-refractivity contribution is 6.18. The monoisotopic (exact) mass is 698 g/mol. The quantitative estimate of drug-likeness (QED) is 0.0315. The molecule has 50 heavy (non-hydrogen) atoms. The van der Waals surface area contributed by atoms with E-state index in [1.54, 1.807) is 62.4 Å². The van der Waals surface area contributed by atoms with Crippen LogP contribution in [-0.4, -0.2) is 47.0 Å². The van der Waals surface area contributed by atoms with E-state index in [9.17, 15) is 19.5 Å². The second-order valence-electron chi connectivity index (χ2n) is 11.6. The van der Waals surface area contributed by atoms with Gasteiger partial charge in [0.05, 0.1) is 36.5 Å². The number of aromatic nitrogens is 2. The largest absolute Gasteiger partial charge is 0.505 e. The number of carbonyl (C=O) groups is 2. The topological polar surface area (TPSA) is 170 Å². The van der Waals surface area contributed by atoms with Crippen LogP contribution in [-0.2, 0) is 4.74 Å². The fourth-order valence-corrected chi connectivity index (χ4v) is 5.43. The maximum atomic E-state index is 13.6. The molecule has 4 rings (SSSR count). The van der Waals surface area contributed by atoms with Crippen molar-refractivity contribution in [1.82, 2.24) is 15.3 Å². The Hall–Kier alpha value is -5.80. The summed E-state index contributed by atoms with van der Waals surface area (Å²) in [5.41, 5.74) is 3.32. The van der Waals surface area contributed by atoms with Crippen molar-refractivity contribution in [3.8, 4) is 23.8 Å². The van der Waals surface area contributed by atoms with E-state index in [1.807, 2.05) is 13.8 Å². The molecule has 0 saturated heterocycles. The first kappa shape index (κ1) is 37.0. The lowest BCUT2D eigenvalue weighted by Crippen LogP contribution is -2.25. The summed E-state index contributed by atoms with van der Waals surface area (Å²) < 4.78 is 11.0. The number of azo groups is 1. The molecule has 0 aliphatic heterocycles. The number of amides is 2. The predicted molar refractivity (Wildman–Crippen MR) is 195 cm³/mol. The number of terminal acetylenes is 1. The number of fused-ring (bicyclic) bond motifs is 1. The summed E-state index contributed by atoms with van der Waals surface area (Å²) in [6.07, 6.45) is 9.44. The Labute approximate surface area is 294 Å². The van der Waals surface area contributed by atoms with Gasteiger partial charge in [0, 0.05) is 23.6 Å². The number of allylic oxidation sites excluding steroid dienone is 2. The highest BCUT2D eigenvalue weighted by Gasteiger charge is 2.25. The molecule has 2 unspecified atom stereocenters. The summed E-state index contributed by atoms with van der Waals surface area (Å²) in [7, 11) is 2.94. The molecule has 3 aromatic carbocycles. The number of ether oxygens (including phenoxy) is 2. The maximum Gasteiger partial charge on any atom is 0.323 e. The summed E-state index contributed by atoms with van der Waals surface area (Å²) in [4.78, 5) is 43.8. The third kappa shape index (κ3) is 8.43. The van der Waals surface area contributed by atoms with E-state index >= 15 is 0 Å². The SMILES string of the molecule is C#CCC(C)c1c(C)cc(C(=O)NC(=C/C)/C(=C\C(C)CCl)OC)c(O)c1N=Nc1cc(C(=O)Nc2ccc3[nH]c(=O)[nH]c3c2)ccc1OC. The van der Waals surface area contributed by atoms with E-state index < -0.39 is 17.6 Å². The zero-order valence-electron chi connectivity index (χ0n) is 28.6. The van der Waals surface area contributed by atoms with Gasteiger partial charge in [-0.15, -0.1) is 34.2 Å². The van der Waals surface area contributed by atoms with Gasteiger partial charge in [0.1, 0.15) is 22.9 Å². The number of nitrogens with one attached hydrogen (secondary N) is 4. The maximum absolute atomic E-state index is 13.6. The van der Waals surface area contributed by atoms with Gasteiger partial charge in [-0.3, -0.25) is 9.59 Å². The first-order valence-corrected chi connectivity index (χ1v) is 16.2. The number of hydrogen-bond acceptors (Lipinski definition) is 8. The van der Waals surface area contributed by atoms with Crippen LogP contribution in [0.25, 0.3) is 11.0 Å². The lowest BCUT2D eigenvalue weighted by molar-refractivity contribution is 0.0959. The van der Waals surface area contributed by atoms with E-state index in [4.69, 9.17) is 27.5 Å². The minimum absolute atomic E-state index is 0.0274. The third-order valence-electron chi connectivity index (χ3n) is 7.86. The predicted octanol–water partition coefficient (Wildman–Crippen LogP) is 7.71. The summed E-state index contributed by atoms with van der Waals surface area (Å²) in [6.45, 7) is 7.34. The molecule has 12 nitrogen and oxygen atoms in total. The standard InChI is InChI=1S/C37H39ClN6O6/c1-8-10-21(4)32-22(5)16-25(36(47)40-26(9-2)31(50-7)15-20(3)19-38)34(45)33(32)44-43-29-17-23(11-14-30(29)49-6)35(46)39-24-12-13-27-28(18-24)42-37(48)41-27/h1,9,11-18,20-21,45H,10,19H2,2-7H3,(H,39,46)(H,40,47)(H2,41,42,48)/b26-9+,31-15+,44-43?. The Morgan fingerprint density at radius 3 is 2.48 bits per heavy atom. The van der Waals surface area contributed by atoms with Crippen molar-refractivity contribution >= 4 is 51.5 Å². The normalized spacial score (nSPS) is 13.2. The van der Waals surface area contributed by atoms with Crippen molar-refractivity contribution < 1.29 is 24.2 Å². The number of alkyl halides is 1. The molecule has 0 bridgehead atoms. The zero-order chi connectivity index (χ0) is 36.5. The molecule has 2 amide bonds. The Bertz CT molecular complexity index is 2110. The summed E-state index contributed by atoms with van der Waals surface area (Å²) >= 11 is 5.98. The molecule has 0 saturated carbocycles. The van der Waals surface area contributed by atoms with Gasteiger partial charge in [0.15, 0.2) is 5.75 Å². The highest BCUT2D eigenvalue weighted by atomic mass is 35.5. The minimum Gasteiger partial charge on any atom is -0.505 e. The molecule has 4 aromatic rings. The average molecular weight is 699 g/mol. The number of carbonyl (C=O) groups excluding carboxylic acids is 2. The number of nitrogens with zero attached hydrogens (tertiary/aromatic N) is 2. The second kappa shape index (κ2) is 16.5. The van der Waals surface area contributed by atoms with Gasteiger partial charge in [0.25, 0.3) is 11.8 Å². The molecular weight excluding hydrogens is 660 g/mol. The van der Waals surface area contributed by atoms with Crippen molar-refractivity contribution in [2.45, 2.75) is 40.0 Å². The Morgan fingerprint density at radius 1 is 1.08 bits per heavy atom. The minimum atomic E-state index is -0.606. The van der Waals surface area contributed by atoms with Crippen LogP contribution in [0.1, 0.15) is 65.0 Å². The first-order valence-electron chi connectivity index (χ1n) is 15.7. The number of phenolic OH excluding ortho intramolecular Hbond substituents is 1. The molecule has 0 spiro atoms. The molecule has 1 aromatic heterocycles. The van der Waals surface area contributed by atoms with Crippen LogP contribution >= 0.6 is 11.6 Å². The molecule has 0 radical (unpaired) electrons. The van der Waals surface area contributed by atoms with Gasteiger partial charge in [0.2, 0.25) is 0 Å². The fourth-order valence-electron chi connectivity index (χ4n) is 5.34. The second-order valence-corrected chi connectivity index (χ2v) is 11.9. The molecule has 0 aliphatic carbocycles. The van der Waals surface area contributed by atoms with E-state index in [-0.39, 0.29) is 40.0 Å². The number of hydrogen-bond donors (Lipinski definition) is 5. The third-order valence-corrected chi connectivity index (χ3v) is 8.34. The zero-order valence-corrected chi connectivity index (χ0v) is 29.4. The Kier molecular flexibility index (Phi) is 12.2. The van der Waals surface area contributed by atoms with Crippen LogP contribution in [0.15, 0.2) is 81.1 Å². The van der Waals surface area contributed by atoms with E-state index in [1.165, 1.54) is 20.3 Å². The highest BCUT2D eigenvalue weighted by Crippen LogP contribution is 2.43. The number of methoxy groups -OCH3 is 2. The smallest absolute Gasteiger partial charge is 0.323 e. The van der Waals surface area contributed by atoms with E-state index in [2.05, 4.69) is 36.8 Å². The van der Waals surface area contributed by atoms with Gasteiger partial charge in [-0.25, -0.2) is 4.79 Å². The molecule has 0 fully saturated rings. The molecule has 13 heteroatoms. The molecule has 1 heterocycles. The molecule has 0 aliphatic rings. The number of H-pyrrole nitrogens is 2. The summed E-state index contributed by atoms with van der Waals surface area (Å²) in [5, 5.41) is 26.0. The Balaban J connectivity index is 1.73. The fraction of sp³-hybridized carbons (Fsp3) is 0.270. The number of imidazole rings is 1. The summed E-state index contributed by atoms with van der Waals surface area (Å²) in [5.74, 6) is 1.97. The van der Waals surface area contributed by atoms with Gasteiger partial charge >= 0.3 is 5.69 Å². The van der Waals surface area contributed by atoms with Crippen molar-refractivity contribution in [2.24, 2.45) is 16.1 Å². The van der Waals surface area contributed by atoms with Gasteiger partial charge < -0.3 is 35.2 Å². The van der Waals surface area contributed by atoms with Crippen molar-refractivity contribution in [1.29, 1.82) is 0 Å². The van der Waals surface area contributed by atoms with Crippen molar-refractivity contribution in [3.63, 3.8) is 0 Å². The lowest BCUT2D eigenvalue weighted by Gasteiger charge is -2.19. The number of aromatic amines is 2. The van der Waals surface area contributed by atoms with Gasteiger partial charge in [-0.2, -0.15) is 0 Å². The average Bonchev–Trinajstić information content (AvgIpc) is 3.48. The van der Waals surface area contributed by atoms with Crippen LogP contribution in [0.3, 0.4) is 0 Å². The number of aromatic hydroxyl groups is 1. The molecule has 2 atom stereocenters. The van der Waals surface area contributed by atoms with Gasteiger partial charge in [-0.05, 0) is 85.4 Å². The number of phenols is 1. The number of halogens is 1.